The van der Waals surface area contributed by atoms with Crippen molar-refractivity contribution in [3.8, 4) is 11.6 Å². The molecule has 0 amide bonds. The number of aryl methyl sites for hydroxylation is 2. The highest BCUT2D eigenvalue weighted by atomic mass is 79.9. The van der Waals surface area contributed by atoms with Crippen LogP contribution in [0.1, 0.15) is 42.1 Å². The first-order valence-electron chi connectivity index (χ1n) is 6.97. The van der Waals surface area contributed by atoms with Gasteiger partial charge in [0.05, 0.1) is 6.61 Å². The van der Waals surface area contributed by atoms with Crippen LogP contribution in [0.15, 0.2) is 28.7 Å². The summed E-state index contributed by atoms with van der Waals surface area (Å²) in [7, 11) is 0. The maximum Gasteiger partial charge on any atom is 0.225 e. The van der Waals surface area contributed by atoms with Crippen molar-refractivity contribution in [2.24, 2.45) is 0 Å². The van der Waals surface area contributed by atoms with Gasteiger partial charge in [0.15, 0.2) is 0 Å². The predicted molar refractivity (Wildman–Crippen MR) is 87.9 cm³/mol. The Hall–Kier alpha value is -1.39. The van der Waals surface area contributed by atoms with Crippen LogP contribution in [0.2, 0.25) is 0 Å². The second-order valence-corrected chi connectivity index (χ2v) is 6.38. The van der Waals surface area contributed by atoms with Crippen LogP contribution in [0.25, 0.3) is 0 Å². The van der Waals surface area contributed by atoms with E-state index in [4.69, 9.17) is 4.74 Å². The van der Waals surface area contributed by atoms with Crippen LogP contribution in [0.5, 0.6) is 11.6 Å². The molecule has 2 aromatic rings. The zero-order valence-corrected chi connectivity index (χ0v) is 14.4. The molecule has 112 valence electrons. The zero-order chi connectivity index (χ0) is 15.6. The SMILES string of the molecule is Cc1cc(C)c(CO)c(Oc2ccc(Br)cc2C(C)C)n1. The number of aliphatic hydroxyl groups is 1. The molecule has 0 radical (unpaired) electrons. The van der Waals surface area contributed by atoms with Crippen LogP contribution >= 0.6 is 15.9 Å². The van der Waals surface area contributed by atoms with E-state index in [1.54, 1.807) is 0 Å². The van der Waals surface area contributed by atoms with Crippen LogP contribution in [0.4, 0.5) is 0 Å². The molecule has 0 aliphatic carbocycles. The Balaban J connectivity index is 2.48. The van der Waals surface area contributed by atoms with Gasteiger partial charge in [0.25, 0.3) is 0 Å². The number of hydrogen-bond acceptors (Lipinski definition) is 3. The fraction of sp³-hybridized carbons (Fsp3) is 0.353. The third-order valence-corrected chi connectivity index (χ3v) is 3.89. The topological polar surface area (TPSA) is 42.4 Å². The lowest BCUT2D eigenvalue weighted by atomic mass is 10.0. The van der Waals surface area contributed by atoms with Gasteiger partial charge in [-0.05, 0) is 55.2 Å². The number of aromatic nitrogens is 1. The van der Waals surface area contributed by atoms with Crippen molar-refractivity contribution in [1.82, 2.24) is 4.98 Å². The molecule has 1 aromatic heterocycles. The highest BCUT2D eigenvalue weighted by molar-refractivity contribution is 9.10. The minimum absolute atomic E-state index is 0.0814. The molecule has 1 heterocycles. The number of benzene rings is 1. The first-order valence-corrected chi connectivity index (χ1v) is 7.77. The van der Waals surface area contributed by atoms with E-state index in [1.165, 1.54) is 0 Å². The van der Waals surface area contributed by atoms with Crippen molar-refractivity contribution >= 4 is 15.9 Å². The standard InChI is InChI=1S/C17H20BrNO2/c1-10(2)14-8-13(18)5-6-16(14)21-17-15(9-20)11(3)7-12(4)19-17/h5-8,10,20H,9H2,1-4H3. The molecule has 21 heavy (non-hydrogen) atoms. The first-order chi connectivity index (χ1) is 9.92. The summed E-state index contributed by atoms with van der Waals surface area (Å²) in [5.74, 6) is 1.60. The summed E-state index contributed by atoms with van der Waals surface area (Å²) in [5.41, 5.74) is 3.71. The molecule has 3 nitrogen and oxygen atoms in total. The van der Waals surface area contributed by atoms with Crippen molar-refractivity contribution in [2.75, 3.05) is 0 Å². The minimum Gasteiger partial charge on any atom is -0.438 e. The van der Waals surface area contributed by atoms with Gasteiger partial charge in [0, 0.05) is 15.7 Å². The Bertz CT molecular complexity index is 653. The summed E-state index contributed by atoms with van der Waals surface area (Å²) in [6.45, 7) is 8.04. The second-order valence-electron chi connectivity index (χ2n) is 5.46. The largest absolute Gasteiger partial charge is 0.438 e. The highest BCUT2D eigenvalue weighted by Crippen LogP contribution is 2.34. The Kier molecular flexibility index (Phi) is 5.01. The van der Waals surface area contributed by atoms with Gasteiger partial charge in [-0.2, -0.15) is 0 Å². The molecule has 0 bridgehead atoms. The van der Waals surface area contributed by atoms with E-state index in [1.807, 2.05) is 32.0 Å². The van der Waals surface area contributed by atoms with Crippen LogP contribution < -0.4 is 4.74 Å². The number of halogens is 1. The van der Waals surface area contributed by atoms with Gasteiger partial charge in [-0.3, -0.25) is 0 Å². The van der Waals surface area contributed by atoms with E-state index in [0.29, 0.717) is 11.8 Å². The molecule has 0 aliphatic rings. The fourth-order valence-corrected chi connectivity index (χ4v) is 2.65. The average molecular weight is 350 g/mol. The van der Waals surface area contributed by atoms with Gasteiger partial charge >= 0.3 is 0 Å². The molecule has 0 unspecified atom stereocenters. The molecule has 0 atom stereocenters. The number of rotatable bonds is 4. The van der Waals surface area contributed by atoms with Crippen molar-refractivity contribution in [2.45, 2.75) is 40.2 Å². The van der Waals surface area contributed by atoms with E-state index in [0.717, 1.165) is 32.6 Å². The summed E-state index contributed by atoms with van der Waals surface area (Å²) in [6.07, 6.45) is 0. The minimum atomic E-state index is -0.0814. The summed E-state index contributed by atoms with van der Waals surface area (Å²) < 4.78 is 7.04. The van der Waals surface area contributed by atoms with Crippen molar-refractivity contribution in [1.29, 1.82) is 0 Å². The van der Waals surface area contributed by atoms with E-state index in [2.05, 4.69) is 40.8 Å². The van der Waals surface area contributed by atoms with E-state index >= 15 is 0 Å². The summed E-state index contributed by atoms with van der Waals surface area (Å²) >= 11 is 3.49. The van der Waals surface area contributed by atoms with Crippen molar-refractivity contribution < 1.29 is 9.84 Å². The molecule has 1 N–H and O–H groups in total. The number of ether oxygens (including phenoxy) is 1. The van der Waals surface area contributed by atoms with E-state index in [9.17, 15) is 5.11 Å². The van der Waals surface area contributed by atoms with Crippen LogP contribution in [0, 0.1) is 13.8 Å². The zero-order valence-electron chi connectivity index (χ0n) is 12.8. The van der Waals surface area contributed by atoms with Gasteiger partial charge in [-0.15, -0.1) is 0 Å². The van der Waals surface area contributed by atoms with Crippen LogP contribution in [-0.2, 0) is 6.61 Å². The average Bonchev–Trinajstić information content (AvgIpc) is 2.40. The molecule has 0 saturated carbocycles. The maximum atomic E-state index is 9.56. The number of aliphatic hydroxyl groups excluding tert-OH is 1. The molecule has 2 rings (SSSR count). The smallest absolute Gasteiger partial charge is 0.225 e. The van der Waals surface area contributed by atoms with Gasteiger partial charge in [-0.1, -0.05) is 29.8 Å². The number of hydrogen-bond donors (Lipinski definition) is 1. The maximum absolute atomic E-state index is 9.56. The van der Waals surface area contributed by atoms with Gasteiger partial charge < -0.3 is 9.84 Å². The summed E-state index contributed by atoms with van der Waals surface area (Å²) in [5, 5.41) is 9.56. The Morgan fingerprint density at radius 3 is 2.57 bits per heavy atom. The van der Waals surface area contributed by atoms with Crippen molar-refractivity contribution in [3.63, 3.8) is 0 Å². The molecule has 0 spiro atoms. The molecule has 0 aliphatic heterocycles. The van der Waals surface area contributed by atoms with Gasteiger partial charge in [0.2, 0.25) is 5.88 Å². The monoisotopic (exact) mass is 349 g/mol. The molecule has 0 saturated heterocycles. The van der Waals surface area contributed by atoms with Gasteiger partial charge in [-0.25, -0.2) is 4.98 Å². The van der Waals surface area contributed by atoms with Crippen molar-refractivity contribution in [3.05, 3.63) is 51.1 Å². The van der Waals surface area contributed by atoms with Crippen LogP contribution in [0.3, 0.4) is 0 Å². The lowest BCUT2D eigenvalue weighted by Crippen LogP contribution is -2.02. The molecular weight excluding hydrogens is 330 g/mol. The van der Waals surface area contributed by atoms with Crippen LogP contribution in [-0.4, -0.2) is 10.1 Å². The quantitative estimate of drug-likeness (QED) is 0.856. The lowest BCUT2D eigenvalue weighted by molar-refractivity contribution is 0.274. The summed E-state index contributed by atoms with van der Waals surface area (Å²) in [6, 6.07) is 7.88. The second kappa shape index (κ2) is 6.58. The fourth-order valence-electron chi connectivity index (χ4n) is 2.27. The predicted octanol–water partition coefficient (Wildman–Crippen LogP) is 4.87. The first kappa shape index (κ1) is 16.0. The number of nitrogens with zero attached hydrogens (tertiary/aromatic N) is 1. The van der Waals surface area contributed by atoms with E-state index in [-0.39, 0.29) is 6.61 Å². The summed E-state index contributed by atoms with van der Waals surface area (Å²) in [4.78, 5) is 4.43. The Morgan fingerprint density at radius 1 is 1.24 bits per heavy atom. The molecule has 4 heteroatoms. The number of pyridine rings is 1. The Morgan fingerprint density at radius 2 is 1.95 bits per heavy atom. The Labute approximate surface area is 134 Å². The van der Waals surface area contributed by atoms with E-state index < -0.39 is 0 Å². The van der Waals surface area contributed by atoms with Gasteiger partial charge in [0.1, 0.15) is 5.75 Å². The lowest BCUT2D eigenvalue weighted by Gasteiger charge is -2.16. The molecule has 0 fully saturated rings. The third-order valence-electron chi connectivity index (χ3n) is 3.40. The molecular formula is C17H20BrNO2. The molecule has 1 aromatic carbocycles. The third kappa shape index (κ3) is 3.63. The highest BCUT2D eigenvalue weighted by Gasteiger charge is 2.14. The normalized spacial score (nSPS) is 11.0.